The van der Waals surface area contributed by atoms with Gasteiger partial charge in [0.2, 0.25) is 0 Å². The molecule has 1 N–H and O–H groups in total. The number of benzene rings is 2. The molecule has 0 aliphatic carbocycles. The van der Waals surface area contributed by atoms with Crippen LogP contribution in [0.3, 0.4) is 0 Å². The molecule has 26 heavy (non-hydrogen) atoms. The number of rotatable bonds is 4. The van der Waals surface area contributed by atoms with Crippen LogP contribution < -0.4 is 5.43 Å². The molecular formula is C20H14BrN3O2. The van der Waals surface area contributed by atoms with Crippen LogP contribution in [0.5, 0.6) is 0 Å². The Labute approximate surface area is 158 Å². The third-order valence-corrected chi connectivity index (χ3v) is 4.37. The smallest absolute Gasteiger partial charge is 0.307 e. The normalized spacial score (nSPS) is 11.3. The first-order valence-electron chi connectivity index (χ1n) is 7.96. The van der Waals surface area contributed by atoms with E-state index in [0.717, 1.165) is 21.2 Å². The zero-order valence-corrected chi connectivity index (χ0v) is 15.2. The number of carbonyl (C=O) groups is 1. The van der Waals surface area contributed by atoms with Crippen LogP contribution in [-0.4, -0.2) is 16.7 Å². The summed E-state index contributed by atoms with van der Waals surface area (Å²) in [4.78, 5) is 12.2. The van der Waals surface area contributed by atoms with E-state index >= 15 is 0 Å². The minimum atomic E-state index is -0.397. The summed E-state index contributed by atoms with van der Waals surface area (Å²) >= 11 is 3.40. The summed E-state index contributed by atoms with van der Waals surface area (Å²) in [5.74, 6) is -0.180. The fourth-order valence-electron chi connectivity index (χ4n) is 2.66. The van der Waals surface area contributed by atoms with Gasteiger partial charge in [-0.05, 0) is 48.5 Å². The number of para-hydroxylation sites is 1. The molecule has 0 atom stereocenters. The quantitative estimate of drug-likeness (QED) is 0.391. The van der Waals surface area contributed by atoms with Crippen molar-refractivity contribution in [3.05, 3.63) is 88.9 Å². The molecule has 0 radical (unpaired) electrons. The topological polar surface area (TPSA) is 59.5 Å². The summed E-state index contributed by atoms with van der Waals surface area (Å²) < 4.78 is 8.46. The van der Waals surface area contributed by atoms with E-state index in [1.165, 1.54) is 0 Å². The van der Waals surface area contributed by atoms with Crippen LogP contribution in [0.1, 0.15) is 16.2 Å². The lowest BCUT2D eigenvalue weighted by molar-refractivity contribution is 0.0929. The summed E-state index contributed by atoms with van der Waals surface area (Å²) in [5, 5.41) is 4.90. The molecule has 128 valence electrons. The van der Waals surface area contributed by atoms with Crippen molar-refractivity contribution in [1.29, 1.82) is 0 Å². The van der Waals surface area contributed by atoms with Gasteiger partial charge in [0.05, 0.1) is 11.9 Å². The zero-order chi connectivity index (χ0) is 17.9. The largest absolute Gasteiger partial charge is 0.451 e. The van der Waals surface area contributed by atoms with Gasteiger partial charge >= 0.3 is 5.91 Å². The lowest BCUT2D eigenvalue weighted by Gasteiger charge is -2.05. The van der Waals surface area contributed by atoms with Crippen LogP contribution >= 0.6 is 15.9 Å². The van der Waals surface area contributed by atoms with Gasteiger partial charge in [0.15, 0.2) is 5.76 Å². The lowest BCUT2D eigenvalue weighted by Crippen LogP contribution is -2.17. The minimum Gasteiger partial charge on any atom is -0.451 e. The van der Waals surface area contributed by atoms with Gasteiger partial charge in [0.1, 0.15) is 5.58 Å². The molecule has 0 saturated carbocycles. The maximum absolute atomic E-state index is 12.2. The maximum Gasteiger partial charge on any atom is 0.307 e. The Balaban J connectivity index is 1.50. The van der Waals surface area contributed by atoms with Gasteiger partial charge in [-0.3, -0.25) is 4.79 Å². The van der Waals surface area contributed by atoms with E-state index in [4.69, 9.17) is 4.42 Å². The fourth-order valence-corrected chi connectivity index (χ4v) is 3.04. The Morgan fingerprint density at radius 2 is 1.92 bits per heavy atom. The summed E-state index contributed by atoms with van der Waals surface area (Å²) in [6.45, 7) is 0. The highest BCUT2D eigenvalue weighted by Gasteiger charge is 2.11. The number of furan rings is 1. The van der Waals surface area contributed by atoms with Crippen molar-refractivity contribution < 1.29 is 9.21 Å². The number of hydrogen-bond donors (Lipinski definition) is 1. The molecule has 6 heteroatoms. The van der Waals surface area contributed by atoms with Gasteiger partial charge in [0, 0.05) is 21.7 Å². The molecule has 0 saturated heterocycles. The van der Waals surface area contributed by atoms with Gasteiger partial charge in [-0.1, -0.05) is 34.1 Å². The van der Waals surface area contributed by atoms with Crippen molar-refractivity contribution in [3.8, 4) is 5.69 Å². The van der Waals surface area contributed by atoms with E-state index in [0.29, 0.717) is 5.58 Å². The molecule has 4 aromatic rings. The van der Waals surface area contributed by atoms with Crippen molar-refractivity contribution in [1.82, 2.24) is 9.99 Å². The zero-order valence-electron chi connectivity index (χ0n) is 13.6. The van der Waals surface area contributed by atoms with E-state index in [-0.39, 0.29) is 5.76 Å². The number of carbonyl (C=O) groups excluding carboxylic acids is 1. The molecule has 5 nitrogen and oxygen atoms in total. The molecule has 4 rings (SSSR count). The highest BCUT2D eigenvalue weighted by atomic mass is 79.9. The van der Waals surface area contributed by atoms with E-state index in [1.807, 2.05) is 71.4 Å². The number of halogens is 1. The molecule has 0 aliphatic rings. The summed E-state index contributed by atoms with van der Waals surface area (Å²) in [6, 6.07) is 21.0. The van der Waals surface area contributed by atoms with Crippen molar-refractivity contribution >= 4 is 39.0 Å². The van der Waals surface area contributed by atoms with Crippen LogP contribution in [0.4, 0.5) is 0 Å². The van der Waals surface area contributed by atoms with Crippen LogP contribution in [0.2, 0.25) is 0 Å². The average Bonchev–Trinajstić information content (AvgIpc) is 3.28. The second-order valence-corrected chi connectivity index (χ2v) is 6.55. The minimum absolute atomic E-state index is 0.216. The van der Waals surface area contributed by atoms with Gasteiger partial charge in [0.25, 0.3) is 0 Å². The second-order valence-electron chi connectivity index (χ2n) is 5.63. The van der Waals surface area contributed by atoms with Crippen molar-refractivity contribution in [3.63, 3.8) is 0 Å². The molecule has 2 aromatic heterocycles. The first-order chi connectivity index (χ1) is 12.7. The standard InChI is InChI=1S/C20H14BrN3O2/c21-15-8-9-18-14(11-15)12-19(26-18)20(25)23-22-13-17-7-4-10-24(17)16-5-2-1-3-6-16/h1-13H,(H,23,25)/b22-13+. The van der Waals surface area contributed by atoms with Gasteiger partial charge < -0.3 is 8.98 Å². The summed E-state index contributed by atoms with van der Waals surface area (Å²) in [5.41, 5.74) is 5.03. The third kappa shape index (κ3) is 3.32. The molecule has 0 spiro atoms. The fraction of sp³-hybridized carbons (Fsp3) is 0. The van der Waals surface area contributed by atoms with E-state index in [1.54, 1.807) is 12.3 Å². The molecular weight excluding hydrogens is 394 g/mol. The lowest BCUT2D eigenvalue weighted by atomic mass is 10.2. The SMILES string of the molecule is O=C(N/N=C/c1cccn1-c1ccccc1)c1cc2cc(Br)ccc2o1. The molecule has 0 aliphatic heterocycles. The Bertz CT molecular complexity index is 1100. The summed E-state index contributed by atoms with van der Waals surface area (Å²) in [6.07, 6.45) is 3.54. The number of nitrogens with one attached hydrogen (secondary N) is 1. The number of fused-ring (bicyclic) bond motifs is 1. The van der Waals surface area contributed by atoms with Crippen molar-refractivity contribution in [2.45, 2.75) is 0 Å². The predicted octanol–water partition coefficient (Wildman–Crippen LogP) is 4.75. The van der Waals surface area contributed by atoms with Gasteiger partial charge in [-0.15, -0.1) is 0 Å². The number of amides is 1. The molecule has 0 bridgehead atoms. The molecule has 1 amide bonds. The number of aromatic nitrogens is 1. The Morgan fingerprint density at radius 3 is 2.77 bits per heavy atom. The van der Waals surface area contributed by atoms with E-state index < -0.39 is 5.91 Å². The first kappa shape index (κ1) is 16.4. The monoisotopic (exact) mass is 407 g/mol. The van der Waals surface area contributed by atoms with E-state index in [9.17, 15) is 4.79 Å². The number of hydrogen-bond acceptors (Lipinski definition) is 3. The average molecular weight is 408 g/mol. The Hall–Kier alpha value is -3.12. The van der Waals surface area contributed by atoms with Gasteiger partial charge in [-0.25, -0.2) is 5.43 Å². The Morgan fingerprint density at radius 1 is 1.08 bits per heavy atom. The maximum atomic E-state index is 12.2. The van der Waals surface area contributed by atoms with Crippen LogP contribution in [0, 0.1) is 0 Å². The predicted molar refractivity (Wildman–Crippen MR) is 105 cm³/mol. The Kier molecular flexibility index (Phi) is 4.41. The van der Waals surface area contributed by atoms with Crippen LogP contribution in [0.25, 0.3) is 16.7 Å². The van der Waals surface area contributed by atoms with E-state index in [2.05, 4.69) is 26.5 Å². The summed E-state index contributed by atoms with van der Waals surface area (Å²) in [7, 11) is 0. The van der Waals surface area contributed by atoms with Crippen molar-refractivity contribution in [2.75, 3.05) is 0 Å². The molecule has 2 heterocycles. The molecule has 2 aromatic carbocycles. The van der Waals surface area contributed by atoms with Gasteiger partial charge in [-0.2, -0.15) is 5.10 Å². The third-order valence-electron chi connectivity index (χ3n) is 3.88. The van der Waals surface area contributed by atoms with Crippen LogP contribution in [0.15, 0.2) is 86.9 Å². The second kappa shape index (κ2) is 7.01. The van der Waals surface area contributed by atoms with Crippen LogP contribution in [-0.2, 0) is 0 Å². The molecule has 0 unspecified atom stereocenters. The highest BCUT2D eigenvalue weighted by molar-refractivity contribution is 9.10. The highest BCUT2D eigenvalue weighted by Crippen LogP contribution is 2.23. The first-order valence-corrected chi connectivity index (χ1v) is 8.75. The number of nitrogens with zero attached hydrogens (tertiary/aromatic N) is 2. The molecule has 0 fully saturated rings. The number of hydrazone groups is 1. The van der Waals surface area contributed by atoms with Crippen molar-refractivity contribution in [2.24, 2.45) is 5.10 Å².